The van der Waals surface area contributed by atoms with E-state index in [2.05, 4.69) is 4.98 Å². The van der Waals surface area contributed by atoms with Gasteiger partial charge in [-0.2, -0.15) is 4.39 Å². The van der Waals surface area contributed by atoms with Gasteiger partial charge in [-0.05, 0) is 30.7 Å². The Hall–Kier alpha value is -1.64. The van der Waals surface area contributed by atoms with Crippen LogP contribution in [0.1, 0.15) is 19.4 Å². The molecule has 80 valence electrons. The second-order valence-corrected chi connectivity index (χ2v) is 2.86. The maximum Gasteiger partial charge on any atom is 0.237 e. The Kier molecular flexibility index (Phi) is 4.03. The fourth-order valence-corrected chi connectivity index (χ4v) is 1.31. The summed E-state index contributed by atoms with van der Waals surface area (Å²) in [7, 11) is 0. The van der Waals surface area contributed by atoms with Gasteiger partial charge < -0.3 is 4.57 Å². The van der Waals surface area contributed by atoms with E-state index in [1.807, 2.05) is 32.9 Å². The van der Waals surface area contributed by atoms with Gasteiger partial charge in [-0.25, -0.2) is 4.98 Å². The van der Waals surface area contributed by atoms with Gasteiger partial charge in [0, 0.05) is 18.6 Å². The van der Waals surface area contributed by atoms with Gasteiger partial charge in [0.1, 0.15) is 5.69 Å². The van der Waals surface area contributed by atoms with Crippen LogP contribution in [0.15, 0.2) is 36.8 Å². The molecule has 0 fully saturated rings. The third-order valence-corrected chi connectivity index (χ3v) is 1.94. The predicted molar refractivity (Wildman–Crippen MR) is 59.6 cm³/mol. The van der Waals surface area contributed by atoms with Gasteiger partial charge in [0.25, 0.3) is 0 Å². The number of hydrogen-bond donors (Lipinski definition) is 0. The lowest BCUT2D eigenvalue weighted by Gasteiger charge is -2.06. The van der Waals surface area contributed by atoms with Gasteiger partial charge in [0.15, 0.2) is 0 Å². The molecule has 0 aliphatic rings. The summed E-state index contributed by atoms with van der Waals surface area (Å²) in [6.07, 6.45) is 5.07. The van der Waals surface area contributed by atoms with Gasteiger partial charge >= 0.3 is 0 Å². The Balaban J connectivity index is 0.000000531. The highest BCUT2D eigenvalue weighted by Crippen LogP contribution is 2.15. The molecule has 0 saturated carbocycles. The van der Waals surface area contributed by atoms with Gasteiger partial charge in [-0.1, -0.05) is 13.8 Å². The Morgan fingerprint density at radius 1 is 1.20 bits per heavy atom. The molecule has 2 rings (SSSR count). The Labute approximate surface area is 89.4 Å². The van der Waals surface area contributed by atoms with Crippen molar-refractivity contribution in [3.63, 3.8) is 0 Å². The van der Waals surface area contributed by atoms with Crippen LogP contribution in [-0.4, -0.2) is 9.55 Å². The topological polar surface area (TPSA) is 17.8 Å². The number of pyridine rings is 1. The van der Waals surface area contributed by atoms with E-state index in [9.17, 15) is 4.39 Å². The minimum atomic E-state index is -0.434. The first-order chi connectivity index (χ1) is 7.29. The molecule has 0 atom stereocenters. The third-order valence-electron chi connectivity index (χ3n) is 1.94. The molecule has 2 heterocycles. The van der Waals surface area contributed by atoms with Crippen LogP contribution in [0, 0.1) is 12.9 Å². The highest BCUT2D eigenvalue weighted by molar-refractivity contribution is 5.38. The van der Waals surface area contributed by atoms with Crippen LogP contribution in [0.25, 0.3) is 5.69 Å². The molecule has 2 aromatic rings. The van der Waals surface area contributed by atoms with E-state index >= 15 is 0 Å². The van der Waals surface area contributed by atoms with Crippen molar-refractivity contribution in [2.75, 3.05) is 0 Å². The van der Waals surface area contributed by atoms with Crippen LogP contribution in [0.2, 0.25) is 0 Å². The molecule has 0 saturated heterocycles. The number of halogens is 1. The van der Waals surface area contributed by atoms with Crippen LogP contribution in [-0.2, 0) is 0 Å². The SMILES string of the molecule is CC.Cc1ccnc(F)c1-n1cccc1. The molecule has 0 aliphatic carbocycles. The van der Waals surface area contributed by atoms with E-state index in [0.717, 1.165) is 5.56 Å². The van der Waals surface area contributed by atoms with Crippen molar-refractivity contribution >= 4 is 0 Å². The summed E-state index contributed by atoms with van der Waals surface area (Å²) < 4.78 is 15.0. The van der Waals surface area contributed by atoms with E-state index in [0.29, 0.717) is 5.69 Å². The standard InChI is InChI=1S/C10H9FN2.C2H6/c1-8-4-5-12-10(11)9(8)13-6-2-3-7-13;1-2/h2-7H,1H3;1-2H3. The van der Waals surface area contributed by atoms with E-state index in [4.69, 9.17) is 0 Å². The van der Waals surface area contributed by atoms with E-state index < -0.39 is 5.95 Å². The molecular formula is C12H15FN2. The van der Waals surface area contributed by atoms with Crippen molar-refractivity contribution in [1.82, 2.24) is 9.55 Å². The molecule has 0 N–H and O–H groups in total. The van der Waals surface area contributed by atoms with Crippen LogP contribution < -0.4 is 0 Å². The fraction of sp³-hybridized carbons (Fsp3) is 0.250. The molecule has 0 aromatic carbocycles. The Bertz CT molecular complexity index is 387. The number of aryl methyl sites for hydroxylation is 1. The fourth-order valence-electron chi connectivity index (χ4n) is 1.31. The largest absolute Gasteiger partial charge is 0.320 e. The quantitative estimate of drug-likeness (QED) is 0.654. The molecule has 3 heteroatoms. The number of rotatable bonds is 1. The lowest BCUT2D eigenvalue weighted by Crippen LogP contribution is -1.99. The van der Waals surface area contributed by atoms with Crippen molar-refractivity contribution in [2.24, 2.45) is 0 Å². The minimum absolute atomic E-state index is 0.434. The molecular weight excluding hydrogens is 191 g/mol. The van der Waals surface area contributed by atoms with Gasteiger partial charge in [0.2, 0.25) is 5.95 Å². The minimum Gasteiger partial charge on any atom is -0.320 e. The monoisotopic (exact) mass is 206 g/mol. The average Bonchev–Trinajstić information content (AvgIpc) is 2.74. The van der Waals surface area contributed by atoms with Crippen LogP contribution in [0.4, 0.5) is 4.39 Å². The summed E-state index contributed by atoms with van der Waals surface area (Å²) in [6.45, 7) is 5.86. The smallest absolute Gasteiger partial charge is 0.237 e. The van der Waals surface area contributed by atoms with E-state index in [1.54, 1.807) is 23.0 Å². The molecule has 0 spiro atoms. The maximum atomic E-state index is 13.3. The number of aromatic nitrogens is 2. The molecule has 0 aliphatic heterocycles. The average molecular weight is 206 g/mol. The first-order valence-corrected chi connectivity index (χ1v) is 5.03. The molecule has 0 amide bonds. The molecule has 0 unspecified atom stereocenters. The lowest BCUT2D eigenvalue weighted by molar-refractivity contribution is 0.573. The molecule has 2 aromatic heterocycles. The van der Waals surface area contributed by atoms with Crippen molar-refractivity contribution in [3.05, 3.63) is 48.3 Å². The summed E-state index contributed by atoms with van der Waals surface area (Å²) in [4.78, 5) is 3.61. The van der Waals surface area contributed by atoms with Crippen molar-refractivity contribution in [1.29, 1.82) is 0 Å². The summed E-state index contributed by atoms with van der Waals surface area (Å²) >= 11 is 0. The molecule has 2 nitrogen and oxygen atoms in total. The molecule has 15 heavy (non-hydrogen) atoms. The number of nitrogens with zero attached hydrogens (tertiary/aromatic N) is 2. The Morgan fingerprint density at radius 2 is 1.80 bits per heavy atom. The van der Waals surface area contributed by atoms with Gasteiger partial charge in [-0.3, -0.25) is 0 Å². The van der Waals surface area contributed by atoms with Gasteiger partial charge in [0.05, 0.1) is 0 Å². The van der Waals surface area contributed by atoms with Crippen molar-refractivity contribution in [3.8, 4) is 5.69 Å². The summed E-state index contributed by atoms with van der Waals surface area (Å²) in [5.41, 5.74) is 1.40. The summed E-state index contributed by atoms with van der Waals surface area (Å²) in [6, 6.07) is 5.50. The van der Waals surface area contributed by atoms with Crippen molar-refractivity contribution < 1.29 is 4.39 Å². The van der Waals surface area contributed by atoms with E-state index in [-0.39, 0.29) is 0 Å². The second kappa shape index (κ2) is 5.29. The summed E-state index contributed by atoms with van der Waals surface area (Å²) in [5, 5.41) is 0. The zero-order valence-electron chi connectivity index (χ0n) is 9.24. The van der Waals surface area contributed by atoms with Crippen molar-refractivity contribution in [2.45, 2.75) is 20.8 Å². The number of hydrogen-bond acceptors (Lipinski definition) is 1. The van der Waals surface area contributed by atoms with Crippen LogP contribution in [0.3, 0.4) is 0 Å². The summed E-state index contributed by atoms with van der Waals surface area (Å²) in [5.74, 6) is -0.434. The van der Waals surface area contributed by atoms with Crippen LogP contribution >= 0.6 is 0 Å². The predicted octanol–water partition coefficient (Wildman–Crippen LogP) is 3.35. The second-order valence-electron chi connectivity index (χ2n) is 2.86. The molecule has 0 radical (unpaired) electrons. The first kappa shape index (κ1) is 11.4. The maximum absolute atomic E-state index is 13.3. The lowest BCUT2D eigenvalue weighted by atomic mass is 10.2. The highest BCUT2D eigenvalue weighted by Gasteiger charge is 2.06. The zero-order chi connectivity index (χ0) is 11.3. The third kappa shape index (κ3) is 2.43. The Morgan fingerprint density at radius 3 is 2.33 bits per heavy atom. The first-order valence-electron chi connectivity index (χ1n) is 5.03. The molecule has 0 bridgehead atoms. The van der Waals surface area contributed by atoms with Gasteiger partial charge in [-0.15, -0.1) is 0 Å². The normalized spacial score (nSPS) is 9.33. The van der Waals surface area contributed by atoms with Crippen LogP contribution in [0.5, 0.6) is 0 Å². The van der Waals surface area contributed by atoms with E-state index in [1.165, 1.54) is 6.20 Å². The zero-order valence-corrected chi connectivity index (χ0v) is 9.24. The highest BCUT2D eigenvalue weighted by atomic mass is 19.1.